The molecule has 0 saturated heterocycles. The van der Waals surface area contributed by atoms with Gasteiger partial charge < -0.3 is 9.64 Å². The SMILES string of the molecule is CCN1c2cc(OC)c(/C=c3/sc4nc5ccccc5n4c3=O)cc2C(C)CC1(C)C. The van der Waals surface area contributed by atoms with Crippen molar-refractivity contribution in [3.63, 3.8) is 0 Å². The van der Waals surface area contributed by atoms with Crippen LogP contribution in [0.2, 0.25) is 0 Å². The standard InChI is InChI=1S/C25H27N3O2S/c1-6-27-20-13-21(30-5)16(11-17(20)15(2)14-25(27,3)4)12-22-23(29)28-19-10-8-7-9-18(19)26-24(28)31-22/h7-13,15H,6,14H2,1-5H3/b22-12+. The fraction of sp³-hybridized carbons (Fsp3) is 0.360. The van der Waals surface area contributed by atoms with E-state index >= 15 is 0 Å². The van der Waals surface area contributed by atoms with Crippen molar-refractivity contribution in [2.75, 3.05) is 18.6 Å². The van der Waals surface area contributed by atoms with Crippen molar-refractivity contribution >= 4 is 39.1 Å². The monoisotopic (exact) mass is 433 g/mol. The van der Waals surface area contributed by atoms with Crippen LogP contribution in [-0.4, -0.2) is 28.6 Å². The quantitative estimate of drug-likeness (QED) is 0.475. The zero-order valence-corrected chi connectivity index (χ0v) is 19.4. The molecule has 0 bridgehead atoms. The highest BCUT2D eigenvalue weighted by molar-refractivity contribution is 7.15. The Balaban J connectivity index is 1.71. The molecule has 2 aromatic carbocycles. The van der Waals surface area contributed by atoms with E-state index in [1.165, 1.54) is 22.6 Å². The molecule has 160 valence electrons. The fourth-order valence-corrected chi connectivity index (χ4v) is 6.15. The lowest BCUT2D eigenvalue weighted by molar-refractivity contribution is 0.377. The summed E-state index contributed by atoms with van der Waals surface area (Å²) in [5.41, 5.74) is 5.25. The average molecular weight is 434 g/mol. The molecule has 1 aliphatic heterocycles. The van der Waals surface area contributed by atoms with Crippen LogP contribution in [0.3, 0.4) is 0 Å². The zero-order valence-electron chi connectivity index (χ0n) is 18.6. The Labute approximate surface area is 185 Å². The molecule has 4 aromatic rings. The van der Waals surface area contributed by atoms with Crippen LogP contribution in [0.25, 0.3) is 22.1 Å². The fourth-order valence-electron chi connectivity index (χ4n) is 5.17. The van der Waals surface area contributed by atoms with Crippen LogP contribution in [0.5, 0.6) is 5.75 Å². The normalized spacial score (nSPS) is 18.7. The first-order valence-electron chi connectivity index (χ1n) is 10.8. The highest BCUT2D eigenvalue weighted by Gasteiger charge is 2.36. The van der Waals surface area contributed by atoms with Crippen molar-refractivity contribution in [1.82, 2.24) is 9.38 Å². The van der Waals surface area contributed by atoms with E-state index in [4.69, 9.17) is 4.74 Å². The maximum atomic E-state index is 13.2. The number of anilines is 1. The summed E-state index contributed by atoms with van der Waals surface area (Å²) in [6.07, 6.45) is 3.05. The average Bonchev–Trinajstić information content (AvgIpc) is 3.24. The van der Waals surface area contributed by atoms with Gasteiger partial charge in [0.05, 0.1) is 22.7 Å². The van der Waals surface area contributed by atoms with Crippen molar-refractivity contribution in [3.05, 3.63) is 62.4 Å². The summed E-state index contributed by atoms with van der Waals surface area (Å²) in [6.45, 7) is 10.0. The molecule has 5 nitrogen and oxygen atoms in total. The number of fused-ring (bicyclic) bond motifs is 4. The largest absolute Gasteiger partial charge is 0.496 e. The molecule has 0 amide bonds. The Morgan fingerprint density at radius 3 is 2.81 bits per heavy atom. The summed E-state index contributed by atoms with van der Waals surface area (Å²) in [4.78, 5) is 21.0. The Kier molecular flexibility index (Phi) is 4.59. The first-order chi connectivity index (χ1) is 14.8. The van der Waals surface area contributed by atoms with Crippen LogP contribution < -0.4 is 19.7 Å². The van der Waals surface area contributed by atoms with Gasteiger partial charge in [0, 0.05) is 29.4 Å². The molecule has 31 heavy (non-hydrogen) atoms. The molecule has 3 heterocycles. The number of thiazole rings is 1. The van der Waals surface area contributed by atoms with Gasteiger partial charge in [0.25, 0.3) is 5.56 Å². The molecule has 0 spiro atoms. The molecule has 0 radical (unpaired) electrons. The van der Waals surface area contributed by atoms with E-state index in [2.05, 4.69) is 49.7 Å². The van der Waals surface area contributed by atoms with Crippen LogP contribution in [-0.2, 0) is 0 Å². The second-order valence-electron chi connectivity index (χ2n) is 8.95. The first-order valence-corrected chi connectivity index (χ1v) is 11.6. The number of rotatable bonds is 3. The number of para-hydroxylation sites is 2. The van der Waals surface area contributed by atoms with Crippen LogP contribution >= 0.6 is 11.3 Å². The molecule has 0 saturated carbocycles. The number of benzene rings is 2. The number of hydrogen-bond donors (Lipinski definition) is 0. The lowest BCUT2D eigenvalue weighted by Crippen LogP contribution is -2.48. The van der Waals surface area contributed by atoms with E-state index in [9.17, 15) is 4.79 Å². The van der Waals surface area contributed by atoms with E-state index in [0.717, 1.165) is 40.3 Å². The second-order valence-corrected chi connectivity index (χ2v) is 9.96. The Bertz CT molecular complexity index is 1420. The highest BCUT2D eigenvalue weighted by atomic mass is 32.1. The highest BCUT2D eigenvalue weighted by Crippen LogP contribution is 2.45. The van der Waals surface area contributed by atoms with Gasteiger partial charge in [-0.15, -0.1) is 0 Å². The van der Waals surface area contributed by atoms with Crippen molar-refractivity contribution in [1.29, 1.82) is 0 Å². The van der Waals surface area contributed by atoms with Gasteiger partial charge in [-0.25, -0.2) is 9.38 Å². The third kappa shape index (κ3) is 3.04. The van der Waals surface area contributed by atoms with E-state index in [-0.39, 0.29) is 11.1 Å². The van der Waals surface area contributed by atoms with Gasteiger partial charge in [-0.05, 0) is 62.9 Å². The number of ether oxygens (including phenoxy) is 1. The molecular formula is C25H27N3O2S. The van der Waals surface area contributed by atoms with E-state index in [0.29, 0.717) is 10.5 Å². The van der Waals surface area contributed by atoms with Gasteiger partial charge in [0.1, 0.15) is 5.75 Å². The molecule has 5 rings (SSSR count). The third-order valence-electron chi connectivity index (χ3n) is 6.49. The first kappa shape index (κ1) is 20.1. The van der Waals surface area contributed by atoms with E-state index < -0.39 is 0 Å². The maximum Gasteiger partial charge on any atom is 0.274 e. The summed E-state index contributed by atoms with van der Waals surface area (Å²) in [5.74, 6) is 1.22. The van der Waals surface area contributed by atoms with Crippen molar-refractivity contribution in [2.24, 2.45) is 0 Å². The van der Waals surface area contributed by atoms with E-state index in [1.807, 2.05) is 30.3 Å². The number of aromatic nitrogens is 2. The van der Waals surface area contributed by atoms with Gasteiger partial charge >= 0.3 is 0 Å². The summed E-state index contributed by atoms with van der Waals surface area (Å²) >= 11 is 1.42. The molecule has 0 aliphatic carbocycles. The molecule has 1 aliphatic rings. The summed E-state index contributed by atoms with van der Waals surface area (Å²) in [7, 11) is 1.69. The lowest BCUT2D eigenvalue weighted by atomic mass is 9.79. The summed E-state index contributed by atoms with van der Waals surface area (Å²) in [5, 5.41) is 0. The molecule has 1 atom stereocenters. The number of imidazole rings is 1. The molecule has 2 aromatic heterocycles. The van der Waals surface area contributed by atoms with Crippen molar-refractivity contribution in [2.45, 2.75) is 45.6 Å². The topological polar surface area (TPSA) is 46.8 Å². The molecule has 6 heteroatoms. The maximum absolute atomic E-state index is 13.2. The Morgan fingerprint density at radius 1 is 1.29 bits per heavy atom. The van der Waals surface area contributed by atoms with Crippen LogP contribution in [0.1, 0.15) is 51.2 Å². The van der Waals surface area contributed by atoms with Gasteiger partial charge in [-0.2, -0.15) is 0 Å². The van der Waals surface area contributed by atoms with Crippen LogP contribution in [0.15, 0.2) is 41.2 Å². The smallest absolute Gasteiger partial charge is 0.274 e. The number of methoxy groups -OCH3 is 1. The Morgan fingerprint density at radius 2 is 2.06 bits per heavy atom. The van der Waals surface area contributed by atoms with Crippen molar-refractivity contribution < 1.29 is 4.74 Å². The zero-order chi connectivity index (χ0) is 21.9. The van der Waals surface area contributed by atoms with Gasteiger partial charge in [-0.1, -0.05) is 30.4 Å². The minimum absolute atomic E-state index is 0.0298. The minimum Gasteiger partial charge on any atom is -0.496 e. The number of hydrogen-bond acceptors (Lipinski definition) is 5. The van der Waals surface area contributed by atoms with Gasteiger partial charge in [0.2, 0.25) is 0 Å². The van der Waals surface area contributed by atoms with E-state index in [1.54, 1.807) is 11.5 Å². The second kappa shape index (κ2) is 7.09. The molecule has 1 unspecified atom stereocenters. The summed E-state index contributed by atoms with van der Waals surface area (Å²) < 4.78 is 8.15. The predicted octanol–water partition coefficient (Wildman–Crippen LogP) is 4.58. The third-order valence-corrected chi connectivity index (χ3v) is 7.45. The predicted molar refractivity (Wildman–Crippen MR) is 129 cm³/mol. The Hall–Kier alpha value is -2.86. The van der Waals surface area contributed by atoms with Crippen molar-refractivity contribution in [3.8, 4) is 5.75 Å². The van der Waals surface area contributed by atoms with Gasteiger partial charge in [-0.3, -0.25) is 4.79 Å². The summed E-state index contributed by atoms with van der Waals surface area (Å²) in [6, 6.07) is 12.1. The van der Waals surface area contributed by atoms with Gasteiger partial charge in [0.15, 0.2) is 4.96 Å². The molecule has 0 fully saturated rings. The molecule has 0 N–H and O–H groups in total. The van der Waals surface area contributed by atoms with Crippen LogP contribution in [0.4, 0.5) is 5.69 Å². The molecular weight excluding hydrogens is 406 g/mol. The number of nitrogens with zero attached hydrogens (tertiary/aromatic N) is 3. The van der Waals surface area contributed by atoms with Crippen LogP contribution in [0, 0.1) is 0 Å². The minimum atomic E-state index is -0.0298. The lowest BCUT2D eigenvalue weighted by Gasteiger charge is -2.47.